The molecule has 1 aromatic heterocycles. The molecule has 0 unspecified atom stereocenters. The lowest BCUT2D eigenvalue weighted by molar-refractivity contribution is -0.133. The van der Waals surface area contributed by atoms with Crippen LogP contribution in [0.4, 0.5) is 5.69 Å². The number of carbonyl (C=O) groups excluding carboxylic acids is 1. The van der Waals surface area contributed by atoms with E-state index in [1.807, 2.05) is 12.3 Å². The molecular formula is C12H16N2O2S. The highest BCUT2D eigenvalue weighted by Crippen LogP contribution is 2.30. The predicted octanol–water partition coefficient (Wildman–Crippen LogP) is 2.05. The van der Waals surface area contributed by atoms with Gasteiger partial charge in [-0.1, -0.05) is 0 Å². The molecule has 4 nitrogen and oxygen atoms in total. The predicted molar refractivity (Wildman–Crippen MR) is 68.1 cm³/mol. The van der Waals surface area contributed by atoms with Gasteiger partial charge in [-0.05, 0) is 44.1 Å². The molecule has 0 saturated heterocycles. The molecule has 0 aromatic carbocycles. The van der Waals surface area contributed by atoms with Gasteiger partial charge in [-0.3, -0.25) is 4.79 Å². The zero-order chi connectivity index (χ0) is 12.3. The standard InChI is InChI=1S/C12H16N2O2S/c1-17-10-5-4-9(8-13-10)14-11(15)12(16)6-2-3-7-12/h4-5,8,16H,2-3,6-7H2,1H3,(H,14,15). The van der Waals surface area contributed by atoms with Crippen molar-refractivity contribution in [3.05, 3.63) is 18.3 Å². The molecule has 2 rings (SSSR count). The number of aromatic nitrogens is 1. The summed E-state index contributed by atoms with van der Waals surface area (Å²) in [5.41, 5.74) is -0.550. The number of nitrogens with zero attached hydrogens (tertiary/aromatic N) is 1. The summed E-state index contributed by atoms with van der Waals surface area (Å²) in [7, 11) is 0. The number of hydrogen-bond acceptors (Lipinski definition) is 4. The minimum atomic E-state index is -1.18. The van der Waals surface area contributed by atoms with Crippen LogP contribution in [-0.2, 0) is 4.79 Å². The van der Waals surface area contributed by atoms with Crippen molar-refractivity contribution in [1.82, 2.24) is 4.98 Å². The lowest BCUT2D eigenvalue weighted by Crippen LogP contribution is -2.40. The second-order valence-corrected chi connectivity index (χ2v) is 5.11. The van der Waals surface area contributed by atoms with Crippen molar-refractivity contribution >= 4 is 23.4 Å². The summed E-state index contributed by atoms with van der Waals surface area (Å²) in [4.78, 5) is 16.1. The molecule has 0 spiro atoms. The lowest BCUT2D eigenvalue weighted by atomic mass is 10.0. The van der Waals surface area contributed by atoms with Crippen LogP contribution in [0, 0.1) is 0 Å². The number of thioether (sulfide) groups is 1. The van der Waals surface area contributed by atoms with E-state index in [9.17, 15) is 9.90 Å². The summed E-state index contributed by atoms with van der Waals surface area (Å²) in [6, 6.07) is 3.65. The maximum Gasteiger partial charge on any atom is 0.256 e. The van der Waals surface area contributed by atoms with Gasteiger partial charge in [-0.15, -0.1) is 11.8 Å². The summed E-state index contributed by atoms with van der Waals surface area (Å²) < 4.78 is 0. The molecule has 1 aliphatic rings. The van der Waals surface area contributed by atoms with Crippen molar-refractivity contribution in [3.63, 3.8) is 0 Å². The molecule has 0 bridgehead atoms. The van der Waals surface area contributed by atoms with Crippen LogP contribution in [0.2, 0.25) is 0 Å². The Balaban J connectivity index is 2.02. The Morgan fingerprint density at radius 2 is 2.18 bits per heavy atom. The third kappa shape index (κ3) is 2.79. The fourth-order valence-electron chi connectivity index (χ4n) is 2.01. The number of aliphatic hydroxyl groups is 1. The van der Waals surface area contributed by atoms with E-state index in [1.165, 1.54) is 0 Å². The first kappa shape index (κ1) is 12.4. The molecule has 1 heterocycles. The summed E-state index contributed by atoms with van der Waals surface area (Å²) in [5, 5.41) is 13.7. The van der Waals surface area contributed by atoms with Gasteiger partial charge in [0.15, 0.2) is 0 Å². The Bertz CT molecular complexity index is 399. The highest BCUT2D eigenvalue weighted by Gasteiger charge is 2.38. The van der Waals surface area contributed by atoms with Crippen LogP contribution < -0.4 is 5.32 Å². The quantitative estimate of drug-likeness (QED) is 0.808. The van der Waals surface area contributed by atoms with Crippen molar-refractivity contribution in [2.24, 2.45) is 0 Å². The molecule has 1 fully saturated rings. The Kier molecular flexibility index (Phi) is 3.69. The van der Waals surface area contributed by atoms with Crippen LogP contribution in [0.5, 0.6) is 0 Å². The van der Waals surface area contributed by atoms with Gasteiger partial charge >= 0.3 is 0 Å². The van der Waals surface area contributed by atoms with Crippen LogP contribution in [0.15, 0.2) is 23.4 Å². The van der Waals surface area contributed by atoms with E-state index < -0.39 is 5.60 Å². The van der Waals surface area contributed by atoms with E-state index >= 15 is 0 Å². The van der Waals surface area contributed by atoms with E-state index in [4.69, 9.17) is 0 Å². The zero-order valence-corrected chi connectivity index (χ0v) is 10.6. The van der Waals surface area contributed by atoms with Gasteiger partial charge in [0.05, 0.1) is 16.9 Å². The van der Waals surface area contributed by atoms with E-state index in [-0.39, 0.29) is 5.91 Å². The number of nitrogens with one attached hydrogen (secondary N) is 1. The van der Waals surface area contributed by atoms with Crippen molar-refractivity contribution in [2.75, 3.05) is 11.6 Å². The van der Waals surface area contributed by atoms with Gasteiger partial charge in [0.2, 0.25) is 0 Å². The molecule has 1 aromatic rings. The Morgan fingerprint density at radius 1 is 1.47 bits per heavy atom. The number of pyridine rings is 1. The van der Waals surface area contributed by atoms with Crippen LogP contribution in [-0.4, -0.2) is 27.9 Å². The Morgan fingerprint density at radius 3 is 2.71 bits per heavy atom. The fraction of sp³-hybridized carbons (Fsp3) is 0.500. The third-order valence-electron chi connectivity index (χ3n) is 3.06. The average molecular weight is 252 g/mol. The van der Waals surface area contributed by atoms with Crippen molar-refractivity contribution in [1.29, 1.82) is 0 Å². The molecule has 17 heavy (non-hydrogen) atoms. The smallest absolute Gasteiger partial charge is 0.256 e. The fourth-order valence-corrected chi connectivity index (χ4v) is 2.37. The van der Waals surface area contributed by atoms with Crippen molar-refractivity contribution in [3.8, 4) is 0 Å². The largest absolute Gasteiger partial charge is 0.380 e. The SMILES string of the molecule is CSc1ccc(NC(=O)C2(O)CCCC2)cn1. The minimum absolute atomic E-state index is 0.311. The summed E-state index contributed by atoms with van der Waals surface area (Å²) in [6.45, 7) is 0. The van der Waals surface area contributed by atoms with E-state index in [1.54, 1.807) is 24.0 Å². The molecule has 92 valence electrons. The average Bonchev–Trinajstić information content (AvgIpc) is 2.78. The Labute approximate surface area is 105 Å². The molecular weight excluding hydrogens is 236 g/mol. The third-order valence-corrected chi connectivity index (χ3v) is 3.72. The first-order valence-corrected chi connectivity index (χ1v) is 6.90. The molecule has 5 heteroatoms. The van der Waals surface area contributed by atoms with Crippen LogP contribution in [0.1, 0.15) is 25.7 Å². The van der Waals surface area contributed by atoms with Gasteiger partial charge in [-0.2, -0.15) is 0 Å². The first-order valence-electron chi connectivity index (χ1n) is 5.68. The maximum atomic E-state index is 11.9. The lowest BCUT2D eigenvalue weighted by Gasteiger charge is -2.20. The van der Waals surface area contributed by atoms with Crippen LogP contribution in [0.25, 0.3) is 0 Å². The van der Waals surface area contributed by atoms with Crippen molar-refractivity contribution in [2.45, 2.75) is 36.3 Å². The molecule has 2 N–H and O–H groups in total. The van der Waals surface area contributed by atoms with Crippen molar-refractivity contribution < 1.29 is 9.90 Å². The molecule has 0 aliphatic heterocycles. The van der Waals surface area contributed by atoms with Gasteiger partial charge in [0.25, 0.3) is 5.91 Å². The number of rotatable bonds is 3. The highest BCUT2D eigenvalue weighted by atomic mass is 32.2. The summed E-state index contributed by atoms with van der Waals surface area (Å²) >= 11 is 1.55. The minimum Gasteiger partial charge on any atom is -0.380 e. The van der Waals surface area contributed by atoms with Gasteiger partial charge in [0, 0.05) is 0 Å². The Hall–Kier alpha value is -1.07. The number of carbonyl (C=O) groups is 1. The van der Waals surface area contributed by atoms with Gasteiger partial charge in [-0.25, -0.2) is 4.98 Å². The van der Waals surface area contributed by atoms with E-state index in [2.05, 4.69) is 10.3 Å². The molecule has 1 aliphatic carbocycles. The first-order chi connectivity index (χ1) is 8.14. The van der Waals surface area contributed by atoms with E-state index in [0.29, 0.717) is 18.5 Å². The second kappa shape index (κ2) is 5.06. The van der Waals surface area contributed by atoms with Crippen LogP contribution in [0.3, 0.4) is 0 Å². The number of hydrogen-bond donors (Lipinski definition) is 2. The van der Waals surface area contributed by atoms with E-state index in [0.717, 1.165) is 17.9 Å². The van der Waals surface area contributed by atoms with Gasteiger partial charge < -0.3 is 10.4 Å². The summed E-state index contributed by atoms with van der Waals surface area (Å²) in [6.07, 6.45) is 6.48. The van der Waals surface area contributed by atoms with Gasteiger partial charge in [0.1, 0.15) is 5.60 Å². The maximum absolute atomic E-state index is 11.9. The summed E-state index contributed by atoms with van der Waals surface area (Å²) in [5.74, 6) is -0.311. The number of anilines is 1. The molecule has 0 atom stereocenters. The zero-order valence-electron chi connectivity index (χ0n) is 9.77. The topological polar surface area (TPSA) is 62.2 Å². The normalized spacial score (nSPS) is 18.0. The molecule has 0 radical (unpaired) electrons. The number of amides is 1. The highest BCUT2D eigenvalue weighted by molar-refractivity contribution is 7.98. The second-order valence-electron chi connectivity index (χ2n) is 4.28. The van der Waals surface area contributed by atoms with Crippen LogP contribution >= 0.6 is 11.8 Å². The molecule has 1 saturated carbocycles. The molecule has 1 amide bonds. The monoisotopic (exact) mass is 252 g/mol.